The van der Waals surface area contributed by atoms with E-state index in [0.29, 0.717) is 5.92 Å². The van der Waals surface area contributed by atoms with Crippen molar-refractivity contribution in [2.75, 3.05) is 25.7 Å². The molecule has 1 heterocycles. The highest BCUT2D eigenvalue weighted by Gasteiger charge is 2.47. The van der Waals surface area contributed by atoms with Crippen molar-refractivity contribution in [3.05, 3.63) is 0 Å². The van der Waals surface area contributed by atoms with Crippen LogP contribution in [-0.4, -0.2) is 37.2 Å². The van der Waals surface area contributed by atoms with Gasteiger partial charge in [-0.15, -0.1) is 0 Å². The molecular weight excluding hydrogens is 174 g/mol. The third-order valence-corrected chi connectivity index (χ3v) is 3.93. The van der Waals surface area contributed by atoms with Crippen molar-refractivity contribution in [1.29, 1.82) is 0 Å². The maximum atomic E-state index is 11.5. The Labute approximate surface area is 77.2 Å². The van der Waals surface area contributed by atoms with Gasteiger partial charge in [-0.1, -0.05) is 6.92 Å². The van der Waals surface area contributed by atoms with Crippen LogP contribution in [0.25, 0.3) is 0 Å². The van der Waals surface area contributed by atoms with Crippen molar-refractivity contribution in [2.24, 2.45) is 5.92 Å². The van der Waals surface area contributed by atoms with E-state index in [1.54, 1.807) is 11.8 Å². The number of rotatable bonds is 2. The van der Waals surface area contributed by atoms with Crippen LogP contribution in [0.3, 0.4) is 0 Å². The largest absolute Gasteiger partial charge is 0.468 e. The lowest BCUT2D eigenvalue weighted by atomic mass is 9.89. The van der Waals surface area contributed by atoms with Gasteiger partial charge in [-0.05, 0) is 18.7 Å². The zero-order valence-corrected chi connectivity index (χ0v) is 8.53. The molecule has 1 saturated heterocycles. The summed E-state index contributed by atoms with van der Waals surface area (Å²) in [6, 6.07) is 0. The van der Waals surface area contributed by atoms with Crippen molar-refractivity contribution < 1.29 is 9.53 Å². The van der Waals surface area contributed by atoms with E-state index >= 15 is 0 Å². The van der Waals surface area contributed by atoms with Gasteiger partial charge in [0.15, 0.2) is 0 Å². The van der Waals surface area contributed by atoms with Crippen LogP contribution in [0.1, 0.15) is 6.92 Å². The lowest BCUT2D eigenvalue weighted by Crippen LogP contribution is -2.55. The fraction of sp³-hybridized carbons (Fsp3) is 0.875. The highest BCUT2D eigenvalue weighted by Crippen LogP contribution is 2.33. The van der Waals surface area contributed by atoms with E-state index in [0.717, 1.165) is 11.5 Å². The minimum absolute atomic E-state index is 0.137. The van der Waals surface area contributed by atoms with Gasteiger partial charge in [0.1, 0.15) is 5.54 Å². The minimum Gasteiger partial charge on any atom is -0.468 e. The summed E-state index contributed by atoms with van der Waals surface area (Å²) in [6.07, 6.45) is 0. The highest BCUT2D eigenvalue weighted by molar-refractivity contribution is 7.99. The van der Waals surface area contributed by atoms with Gasteiger partial charge in [0.2, 0.25) is 0 Å². The second-order valence-electron chi connectivity index (χ2n) is 3.13. The molecule has 0 aliphatic carbocycles. The monoisotopic (exact) mass is 189 g/mol. The molecule has 0 aromatic rings. The number of hydrogen-bond acceptors (Lipinski definition) is 4. The molecule has 12 heavy (non-hydrogen) atoms. The van der Waals surface area contributed by atoms with Crippen molar-refractivity contribution in [3.8, 4) is 0 Å². The Hall–Kier alpha value is -0.220. The second-order valence-corrected chi connectivity index (χ2v) is 4.16. The Morgan fingerprint density at radius 2 is 2.42 bits per heavy atom. The van der Waals surface area contributed by atoms with E-state index in [1.807, 2.05) is 7.05 Å². The van der Waals surface area contributed by atoms with Crippen molar-refractivity contribution in [1.82, 2.24) is 5.32 Å². The SMILES string of the molecule is CNC1(C(=O)OC)CSCC1C. The quantitative estimate of drug-likeness (QED) is 0.642. The van der Waals surface area contributed by atoms with Gasteiger partial charge < -0.3 is 10.1 Å². The number of nitrogens with one attached hydrogen (secondary N) is 1. The van der Waals surface area contributed by atoms with Gasteiger partial charge in [-0.3, -0.25) is 4.79 Å². The van der Waals surface area contributed by atoms with Gasteiger partial charge >= 0.3 is 5.97 Å². The maximum absolute atomic E-state index is 11.5. The second kappa shape index (κ2) is 3.66. The van der Waals surface area contributed by atoms with Gasteiger partial charge in [-0.25, -0.2) is 0 Å². The van der Waals surface area contributed by atoms with Crippen LogP contribution < -0.4 is 5.32 Å². The first-order valence-electron chi connectivity index (χ1n) is 4.02. The van der Waals surface area contributed by atoms with Crippen molar-refractivity contribution >= 4 is 17.7 Å². The molecule has 0 aromatic heterocycles. The summed E-state index contributed by atoms with van der Waals surface area (Å²) in [7, 11) is 3.26. The molecule has 4 heteroatoms. The summed E-state index contributed by atoms with van der Waals surface area (Å²) in [5.41, 5.74) is -0.445. The Morgan fingerprint density at radius 3 is 2.75 bits per heavy atom. The Morgan fingerprint density at radius 1 is 1.75 bits per heavy atom. The molecule has 0 saturated carbocycles. The molecule has 0 aromatic carbocycles. The molecule has 1 fully saturated rings. The first-order chi connectivity index (χ1) is 5.67. The van der Waals surface area contributed by atoms with Gasteiger partial charge in [0, 0.05) is 5.75 Å². The molecule has 1 rings (SSSR count). The Kier molecular flexibility index (Phi) is 3.01. The number of carbonyl (C=O) groups excluding carboxylic acids is 1. The van der Waals surface area contributed by atoms with Crippen LogP contribution in [0.2, 0.25) is 0 Å². The fourth-order valence-electron chi connectivity index (χ4n) is 1.54. The normalized spacial score (nSPS) is 35.1. The van der Waals surface area contributed by atoms with Crippen LogP contribution in [0, 0.1) is 5.92 Å². The third-order valence-electron chi connectivity index (χ3n) is 2.53. The summed E-state index contributed by atoms with van der Waals surface area (Å²) in [5, 5.41) is 3.08. The lowest BCUT2D eigenvalue weighted by molar-refractivity contribution is -0.148. The topological polar surface area (TPSA) is 38.3 Å². The van der Waals surface area contributed by atoms with E-state index in [-0.39, 0.29) is 5.97 Å². The molecule has 0 amide bonds. The van der Waals surface area contributed by atoms with Crippen molar-refractivity contribution in [2.45, 2.75) is 12.5 Å². The molecular formula is C8H15NO2S. The number of methoxy groups -OCH3 is 1. The van der Waals surface area contributed by atoms with Gasteiger partial charge in [0.25, 0.3) is 0 Å². The van der Waals surface area contributed by atoms with Crippen LogP contribution in [0.5, 0.6) is 0 Å². The first-order valence-corrected chi connectivity index (χ1v) is 5.18. The Balaban J connectivity index is 2.81. The van der Waals surface area contributed by atoms with Gasteiger partial charge in [0.05, 0.1) is 7.11 Å². The predicted molar refractivity (Wildman–Crippen MR) is 50.3 cm³/mol. The average molecular weight is 189 g/mol. The average Bonchev–Trinajstić information content (AvgIpc) is 2.46. The number of carbonyl (C=O) groups is 1. The molecule has 2 unspecified atom stereocenters. The van der Waals surface area contributed by atoms with Crippen LogP contribution in [0.4, 0.5) is 0 Å². The molecule has 1 aliphatic rings. The zero-order valence-electron chi connectivity index (χ0n) is 7.72. The van der Waals surface area contributed by atoms with Crippen LogP contribution >= 0.6 is 11.8 Å². The lowest BCUT2D eigenvalue weighted by Gasteiger charge is -2.29. The van der Waals surface area contributed by atoms with E-state index in [1.165, 1.54) is 7.11 Å². The summed E-state index contributed by atoms with van der Waals surface area (Å²) < 4.78 is 4.78. The van der Waals surface area contributed by atoms with E-state index in [2.05, 4.69) is 12.2 Å². The minimum atomic E-state index is -0.445. The maximum Gasteiger partial charge on any atom is 0.327 e. The molecule has 70 valence electrons. The summed E-state index contributed by atoms with van der Waals surface area (Å²) in [4.78, 5) is 11.5. The fourth-order valence-corrected chi connectivity index (χ4v) is 3.17. The number of esters is 1. The van der Waals surface area contributed by atoms with E-state index in [9.17, 15) is 4.79 Å². The molecule has 0 bridgehead atoms. The number of hydrogen-bond donors (Lipinski definition) is 1. The third kappa shape index (κ3) is 1.33. The highest BCUT2D eigenvalue weighted by atomic mass is 32.2. The molecule has 2 atom stereocenters. The van der Waals surface area contributed by atoms with Crippen LogP contribution in [-0.2, 0) is 9.53 Å². The molecule has 1 aliphatic heterocycles. The van der Waals surface area contributed by atoms with Gasteiger partial charge in [-0.2, -0.15) is 11.8 Å². The first kappa shape index (κ1) is 9.86. The smallest absolute Gasteiger partial charge is 0.327 e. The molecule has 3 nitrogen and oxygen atoms in total. The van der Waals surface area contributed by atoms with Crippen molar-refractivity contribution in [3.63, 3.8) is 0 Å². The summed E-state index contributed by atoms with van der Waals surface area (Å²) >= 11 is 1.79. The summed E-state index contributed by atoms with van der Waals surface area (Å²) in [6.45, 7) is 2.08. The van der Waals surface area contributed by atoms with E-state index in [4.69, 9.17) is 4.74 Å². The Bertz CT molecular complexity index is 186. The predicted octanol–water partition coefficient (Wildman–Crippen LogP) is 0.500. The zero-order chi connectivity index (χ0) is 9.19. The standard InChI is InChI=1S/C8H15NO2S/c1-6-4-12-5-8(6,9-2)7(10)11-3/h6,9H,4-5H2,1-3H3. The number of ether oxygens (including phenoxy) is 1. The van der Waals surface area contributed by atoms with Crippen LogP contribution in [0.15, 0.2) is 0 Å². The molecule has 0 spiro atoms. The summed E-state index contributed by atoms with van der Waals surface area (Å²) in [5.74, 6) is 2.05. The number of thioether (sulfide) groups is 1. The molecule has 1 N–H and O–H groups in total. The number of likely N-dealkylation sites (N-methyl/N-ethyl adjacent to an activating group) is 1. The van der Waals surface area contributed by atoms with E-state index < -0.39 is 5.54 Å². The molecule has 0 radical (unpaired) electrons.